The molecule has 0 bridgehead atoms. The highest BCUT2D eigenvalue weighted by atomic mass is 31.0. The third-order valence-electron chi connectivity index (χ3n) is 2.59. The van der Waals surface area contributed by atoms with Gasteiger partial charge in [0.15, 0.2) is 0 Å². The summed E-state index contributed by atoms with van der Waals surface area (Å²) in [7, 11) is 2.27. The van der Waals surface area contributed by atoms with Crippen molar-refractivity contribution in [1.29, 1.82) is 0 Å². The molecule has 0 amide bonds. The zero-order valence-corrected chi connectivity index (χ0v) is 8.15. The van der Waals surface area contributed by atoms with E-state index in [9.17, 15) is 5.11 Å². The average Bonchev–Trinajstić information content (AvgIpc) is 1.98. The summed E-state index contributed by atoms with van der Waals surface area (Å²) in [5.74, 6) is 1.05. The minimum absolute atomic E-state index is 0.103. The molecule has 0 aromatic rings. The summed E-state index contributed by atoms with van der Waals surface area (Å²) in [6.07, 6.45) is 3.15. The van der Waals surface area contributed by atoms with Gasteiger partial charge in [0.1, 0.15) is 0 Å². The first-order valence-electron chi connectivity index (χ1n) is 4.23. The van der Waals surface area contributed by atoms with E-state index in [0.29, 0.717) is 11.8 Å². The van der Waals surface area contributed by atoms with Gasteiger partial charge < -0.3 is 9.63 Å². The molecule has 4 unspecified atom stereocenters. The number of aliphatic hydroxyl groups excluding tert-OH is 1. The van der Waals surface area contributed by atoms with Gasteiger partial charge in [-0.3, -0.25) is 0 Å². The average molecular weight is 176 g/mol. The van der Waals surface area contributed by atoms with Crippen molar-refractivity contribution in [3.05, 3.63) is 0 Å². The molecule has 0 aliphatic heterocycles. The zero-order valence-electron chi connectivity index (χ0n) is 6.99. The predicted molar refractivity (Wildman–Crippen MR) is 48.2 cm³/mol. The first kappa shape index (κ1) is 9.44. The highest BCUT2D eigenvalue weighted by Gasteiger charge is 2.25. The molecule has 1 aliphatic rings. The van der Waals surface area contributed by atoms with Gasteiger partial charge in [-0.2, -0.15) is 0 Å². The predicted octanol–water partition coefficient (Wildman–Crippen LogP) is 1.59. The molecule has 1 rings (SSSR count). The molecule has 66 valence electrons. The molecule has 1 saturated carbocycles. The SMILES string of the molecule is CC1CCC(COP)CC1O. The molecule has 4 atom stereocenters. The lowest BCUT2D eigenvalue weighted by molar-refractivity contribution is 0.0416. The number of hydrogen-bond donors (Lipinski definition) is 1. The first-order valence-corrected chi connectivity index (χ1v) is 4.71. The van der Waals surface area contributed by atoms with E-state index >= 15 is 0 Å². The fourth-order valence-electron chi connectivity index (χ4n) is 1.67. The maximum absolute atomic E-state index is 9.51. The van der Waals surface area contributed by atoms with E-state index in [1.807, 2.05) is 0 Å². The van der Waals surface area contributed by atoms with Gasteiger partial charge in [-0.05, 0) is 31.1 Å². The number of rotatable bonds is 2. The van der Waals surface area contributed by atoms with Crippen molar-refractivity contribution in [2.24, 2.45) is 11.8 Å². The molecule has 0 aromatic carbocycles. The Bertz CT molecular complexity index is 119. The molecule has 3 heteroatoms. The van der Waals surface area contributed by atoms with Gasteiger partial charge in [0.05, 0.1) is 12.7 Å². The minimum Gasteiger partial charge on any atom is -0.393 e. The molecule has 0 aromatic heterocycles. The van der Waals surface area contributed by atoms with Gasteiger partial charge in [-0.15, -0.1) is 0 Å². The lowest BCUT2D eigenvalue weighted by atomic mass is 9.81. The third-order valence-corrected chi connectivity index (χ3v) is 2.79. The van der Waals surface area contributed by atoms with E-state index in [0.717, 1.165) is 19.4 Å². The van der Waals surface area contributed by atoms with Gasteiger partial charge in [0.25, 0.3) is 0 Å². The number of hydrogen-bond acceptors (Lipinski definition) is 2. The Morgan fingerprint density at radius 3 is 2.82 bits per heavy atom. The van der Waals surface area contributed by atoms with Crippen LogP contribution in [0.4, 0.5) is 0 Å². The van der Waals surface area contributed by atoms with Crippen molar-refractivity contribution in [3.63, 3.8) is 0 Å². The van der Waals surface area contributed by atoms with Crippen molar-refractivity contribution in [2.75, 3.05) is 6.61 Å². The second-order valence-electron chi connectivity index (χ2n) is 3.56. The summed E-state index contributed by atoms with van der Waals surface area (Å²) >= 11 is 0. The van der Waals surface area contributed by atoms with Crippen molar-refractivity contribution in [3.8, 4) is 0 Å². The van der Waals surface area contributed by atoms with E-state index in [4.69, 9.17) is 4.52 Å². The van der Waals surface area contributed by atoms with Crippen LogP contribution in [0.1, 0.15) is 26.2 Å². The monoisotopic (exact) mass is 176 g/mol. The Hall–Kier alpha value is 0.350. The summed E-state index contributed by atoms with van der Waals surface area (Å²) in [5, 5.41) is 9.51. The minimum atomic E-state index is -0.103. The molecular formula is C8H17O2P. The van der Waals surface area contributed by atoms with E-state index in [1.54, 1.807) is 0 Å². The quantitative estimate of drug-likeness (QED) is 0.647. The van der Waals surface area contributed by atoms with Gasteiger partial charge in [-0.25, -0.2) is 0 Å². The summed E-state index contributed by atoms with van der Waals surface area (Å²) in [6.45, 7) is 2.89. The Morgan fingerprint density at radius 1 is 1.55 bits per heavy atom. The van der Waals surface area contributed by atoms with E-state index < -0.39 is 0 Å². The molecule has 0 heterocycles. The lowest BCUT2D eigenvalue weighted by Gasteiger charge is -2.30. The molecular weight excluding hydrogens is 159 g/mol. The highest BCUT2D eigenvalue weighted by molar-refractivity contribution is 7.09. The Morgan fingerprint density at radius 2 is 2.27 bits per heavy atom. The molecule has 11 heavy (non-hydrogen) atoms. The Labute approximate surface area is 70.6 Å². The molecule has 1 aliphatic carbocycles. The van der Waals surface area contributed by atoms with Crippen molar-refractivity contribution >= 4 is 9.47 Å². The molecule has 0 radical (unpaired) electrons. The lowest BCUT2D eigenvalue weighted by Crippen LogP contribution is -2.28. The maximum Gasteiger partial charge on any atom is 0.0569 e. The summed E-state index contributed by atoms with van der Waals surface area (Å²) in [6, 6.07) is 0. The van der Waals surface area contributed by atoms with Crippen LogP contribution < -0.4 is 0 Å². The molecule has 1 N–H and O–H groups in total. The molecule has 0 spiro atoms. The van der Waals surface area contributed by atoms with E-state index in [2.05, 4.69) is 16.4 Å². The largest absolute Gasteiger partial charge is 0.393 e. The first-order chi connectivity index (χ1) is 5.24. The fourth-order valence-corrected chi connectivity index (χ4v) is 1.94. The van der Waals surface area contributed by atoms with Crippen molar-refractivity contribution < 1.29 is 9.63 Å². The zero-order chi connectivity index (χ0) is 8.27. The summed E-state index contributed by atoms with van der Waals surface area (Å²) in [5.41, 5.74) is 0. The van der Waals surface area contributed by atoms with E-state index in [-0.39, 0.29) is 6.10 Å². The molecule has 0 saturated heterocycles. The Balaban J connectivity index is 2.28. The van der Waals surface area contributed by atoms with Crippen LogP contribution >= 0.6 is 9.47 Å². The van der Waals surface area contributed by atoms with Crippen molar-refractivity contribution in [2.45, 2.75) is 32.3 Å². The van der Waals surface area contributed by atoms with Crippen LogP contribution in [0.5, 0.6) is 0 Å². The summed E-state index contributed by atoms with van der Waals surface area (Å²) in [4.78, 5) is 0. The molecule has 1 fully saturated rings. The van der Waals surface area contributed by atoms with E-state index in [1.165, 1.54) is 6.42 Å². The third kappa shape index (κ3) is 2.70. The maximum atomic E-state index is 9.51. The van der Waals surface area contributed by atoms with Crippen molar-refractivity contribution in [1.82, 2.24) is 0 Å². The molecule has 2 nitrogen and oxygen atoms in total. The fraction of sp³-hybridized carbons (Fsp3) is 1.00. The van der Waals surface area contributed by atoms with Crippen LogP contribution in [-0.2, 0) is 4.52 Å². The van der Waals surface area contributed by atoms with Crippen LogP contribution in [0.3, 0.4) is 0 Å². The highest BCUT2D eigenvalue weighted by Crippen LogP contribution is 2.29. The van der Waals surface area contributed by atoms with Gasteiger partial charge >= 0.3 is 0 Å². The Kier molecular flexibility index (Phi) is 3.77. The second kappa shape index (κ2) is 4.39. The second-order valence-corrected chi connectivity index (χ2v) is 3.89. The van der Waals surface area contributed by atoms with Crippen LogP contribution in [0, 0.1) is 11.8 Å². The summed E-state index contributed by atoms with van der Waals surface area (Å²) < 4.78 is 4.97. The van der Waals surface area contributed by atoms with Crippen LogP contribution in [0.25, 0.3) is 0 Å². The smallest absolute Gasteiger partial charge is 0.0569 e. The van der Waals surface area contributed by atoms with Gasteiger partial charge in [0, 0.05) is 9.47 Å². The van der Waals surface area contributed by atoms with Gasteiger partial charge in [0.2, 0.25) is 0 Å². The van der Waals surface area contributed by atoms with Crippen LogP contribution in [0.2, 0.25) is 0 Å². The van der Waals surface area contributed by atoms with Crippen LogP contribution in [0.15, 0.2) is 0 Å². The topological polar surface area (TPSA) is 29.5 Å². The van der Waals surface area contributed by atoms with Gasteiger partial charge in [-0.1, -0.05) is 6.92 Å². The normalized spacial score (nSPS) is 39.0. The standard InChI is InChI=1S/C8H17O2P/c1-6-2-3-7(5-10-11)4-8(6)9/h6-9H,2-5,11H2,1H3. The van der Waals surface area contributed by atoms with Crippen LogP contribution in [-0.4, -0.2) is 17.8 Å². The number of aliphatic hydroxyl groups is 1.